The van der Waals surface area contributed by atoms with E-state index in [-0.39, 0.29) is 6.29 Å². The molecule has 0 saturated carbocycles. The first kappa shape index (κ1) is 8.92. The Balaban J connectivity index is 3.18. The zero-order valence-electron chi connectivity index (χ0n) is 6.39. The minimum absolute atomic E-state index is 0.0417. The van der Waals surface area contributed by atoms with Crippen LogP contribution in [0.3, 0.4) is 0 Å². The van der Waals surface area contributed by atoms with Crippen LogP contribution in [0.25, 0.3) is 0 Å². The van der Waals surface area contributed by atoms with Gasteiger partial charge in [0.1, 0.15) is 0 Å². The van der Waals surface area contributed by atoms with Gasteiger partial charge in [0.15, 0.2) is 6.29 Å². The van der Waals surface area contributed by atoms with Crippen molar-refractivity contribution in [1.82, 2.24) is 0 Å². The molecule has 55 valence electrons. The number of rotatable bonds is 5. The topological polar surface area (TPSA) is 18.5 Å². The molecular formula is C7H15O2. The van der Waals surface area contributed by atoms with Gasteiger partial charge in [-0.2, -0.15) is 0 Å². The lowest BCUT2D eigenvalue weighted by Gasteiger charge is -2.13. The predicted molar refractivity (Wildman–Crippen MR) is 36.8 cm³/mol. The van der Waals surface area contributed by atoms with Gasteiger partial charge in [-0.05, 0) is 20.3 Å². The molecule has 0 bridgehead atoms. The maximum absolute atomic E-state index is 5.18. The molecule has 0 aliphatic carbocycles. The van der Waals surface area contributed by atoms with Crippen LogP contribution in [-0.4, -0.2) is 12.9 Å². The van der Waals surface area contributed by atoms with Crippen molar-refractivity contribution in [2.45, 2.75) is 33.5 Å². The Kier molecular flexibility index (Phi) is 5.99. The third-order valence-corrected chi connectivity index (χ3v) is 0.974. The van der Waals surface area contributed by atoms with E-state index in [1.165, 1.54) is 0 Å². The van der Waals surface area contributed by atoms with Crippen molar-refractivity contribution in [2.24, 2.45) is 0 Å². The molecule has 1 radical (unpaired) electrons. The average molecular weight is 131 g/mol. The molecule has 0 aromatic rings. The quantitative estimate of drug-likeness (QED) is 0.531. The van der Waals surface area contributed by atoms with E-state index in [1.807, 2.05) is 20.8 Å². The second-order valence-electron chi connectivity index (χ2n) is 1.66. The van der Waals surface area contributed by atoms with Crippen LogP contribution in [0.2, 0.25) is 0 Å². The van der Waals surface area contributed by atoms with Crippen LogP contribution < -0.4 is 0 Å². The molecule has 2 heteroatoms. The Morgan fingerprint density at radius 2 is 2.11 bits per heavy atom. The zero-order chi connectivity index (χ0) is 7.11. The molecule has 9 heavy (non-hydrogen) atoms. The fourth-order valence-corrected chi connectivity index (χ4v) is 0.591. The fourth-order valence-electron chi connectivity index (χ4n) is 0.591. The van der Waals surface area contributed by atoms with Crippen molar-refractivity contribution < 1.29 is 9.47 Å². The van der Waals surface area contributed by atoms with Gasteiger partial charge in [0.05, 0.1) is 6.61 Å². The third-order valence-electron chi connectivity index (χ3n) is 0.974. The first-order chi connectivity index (χ1) is 4.35. The van der Waals surface area contributed by atoms with Crippen LogP contribution in [0.1, 0.15) is 27.2 Å². The number of hydrogen-bond acceptors (Lipinski definition) is 2. The molecule has 0 N–H and O–H groups in total. The first-order valence-electron chi connectivity index (χ1n) is 3.40. The van der Waals surface area contributed by atoms with Crippen LogP contribution in [-0.2, 0) is 9.47 Å². The van der Waals surface area contributed by atoms with E-state index in [2.05, 4.69) is 0 Å². The Morgan fingerprint density at radius 3 is 2.44 bits per heavy atom. The predicted octanol–water partition coefficient (Wildman–Crippen LogP) is 1.96. The van der Waals surface area contributed by atoms with Crippen molar-refractivity contribution in [3.8, 4) is 0 Å². The maximum atomic E-state index is 5.18. The molecule has 2 nitrogen and oxygen atoms in total. The number of ether oxygens (including phenoxy) is 2. The van der Waals surface area contributed by atoms with Gasteiger partial charge >= 0.3 is 0 Å². The molecule has 0 fully saturated rings. The Morgan fingerprint density at radius 1 is 1.44 bits per heavy atom. The molecule has 0 saturated heterocycles. The summed E-state index contributed by atoms with van der Waals surface area (Å²) in [6, 6.07) is 0. The summed E-state index contributed by atoms with van der Waals surface area (Å²) in [7, 11) is 0. The summed E-state index contributed by atoms with van der Waals surface area (Å²) >= 11 is 0. The zero-order valence-corrected chi connectivity index (χ0v) is 6.39. The molecule has 0 heterocycles. The van der Waals surface area contributed by atoms with E-state index < -0.39 is 0 Å². The Hall–Kier alpha value is -0.0800. The van der Waals surface area contributed by atoms with Crippen molar-refractivity contribution in [2.75, 3.05) is 6.61 Å². The van der Waals surface area contributed by atoms with E-state index in [0.29, 0.717) is 6.61 Å². The molecular weight excluding hydrogens is 116 g/mol. The molecule has 0 amide bonds. The lowest BCUT2D eigenvalue weighted by atomic mass is 10.5. The van der Waals surface area contributed by atoms with Gasteiger partial charge in [0.25, 0.3) is 0 Å². The monoisotopic (exact) mass is 131 g/mol. The van der Waals surface area contributed by atoms with Crippen LogP contribution in [0.5, 0.6) is 0 Å². The minimum Gasteiger partial charge on any atom is -0.353 e. The molecule has 0 aromatic carbocycles. The highest BCUT2D eigenvalue weighted by Crippen LogP contribution is 2.00. The van der Waals surface area contributed by atoms with Crippen LogP contribution in [0.4, 0.5) is 0 Å². The Labute approximate surface area is 57.2 Å². The summed E-state index contributed by atoms with van der Waals surface area (Å²) in [5.74, 6) is 0. The highest BCUT2D eigenvalue weighted by atomic mass is 16.7. The lowest BCUT2D eigenvalue weighted by molar-refractivity contribution is -0.117. The molecule has 0 aromatic heterocycles. The second-order valence-corrected chi connectivity index (χ2v) is 1.66. The van der Waals surface area contributed by atoms with Gasteiger partial charge in [-0.15, -0.1) is 0 Å². The largest absolute Gasteiger partial charge is 0.353 e. The van der Waals surface area contributed by atoms with Crippen LogP contribution in [0, 0.1) is 6.61 Å². The molecule has 1 unspecified atom stereocenters. The van der Waals surface area contributed by atoms with E-state index in [0.717, 1.165) is 6.42 Å². The van der Waals surface area contributed by atoms with Crippen LogP contribution >= 0.6 is 0 Å². The summed E-state index contributed by atoms with van der Waals surface area (Å²) in [6.45, 7) is 8.21. The maximum Gasteiger partial charge on any atom is 0.157 e. The fraction of sp³-hybridized carbons (Fsp3) is 0.857. The van der Waals surface area contributed by atoms with Gasteiger partial charge in [-0.1, -0.05) is 6.92 Å². The van der Waals surface area contributed by atoms with Crippen molar-refractivity contribution in [1.29, 1.82) is 0 Å². The SMILES string of the molecule is C[CH]OC(CC)OCC. The van der Waals surface area contributed by atoms with E-state index in [1.54, 1.807) is 6.61 Å². The summed E-state index contributed by atoms with van der Waals surface area (Å²) in [5, 5.41) is 0. The van der Waals surface area contributed by atoms with Crippen molar-refractivity contribution >= 4 is 0 Å². The smallest absolute Gasteiger partial charge is 0.157 e. The van der Waals surface area contributed by atoms with E-state index in [9.17, 15) is 0 Å². The standard InChI is InChI=1S/C7H15O2/c1-4-7(8-5-2)9-6-3/h5,7H,4,6H2,1-3H3. The van der Waals surface area contributed by atoms with Gasteiger partial charge in [-0.3, -0.25) is 0 Å². The van der Waals surface area contributed by atoms with Crippen molar-refractivity contribution in [3.05, 3.63) is 6.61 Å². The van der Waals surface area contributed by atoms with Gasteiger partial charge in [0.2, 0.25) is 0 Å². The molecule has 0 aliphatic rings. The molecule has 0 aliphatic heterocycles. The minimum atomic E-state index is -0.0417. The molecule has 0 rings (SSSR count). The van der Waals surface area contributed by atoms with Gasteiger partial charge in [0, 0.05) is 6.61 Å². The molecule has 0 spiro atoms. The summed E-state index contributed by atoms with van der Waals surface area (Å²) in [5.41, 5.74) is 0. The summed E-state index contributed by atoms with van der Waals surface area (Å²) < 4.78 is 10.3. The third kappa shape index (κ3) is 4.43. The Bertz CT molecular complexity index is 48.9. The summed E-state index contributed by atoms with van der Waals surface area (Å²) in [4.78, 5) is 0. The van der Waals surface area contributed by atoms with E-state index in [4.69, 9.17) is 9.47 Å². The summed E-state index contributed by atoms with van der Waals surface area (Å²) in [6.07, 6.45) is 0.859. The van der Waals surface area contributed by atoms with Gasteiger partial charge in [-0.25, -0.2) is 0 Å². The number of hydrogen-bond donors (Lipinski definition) is 0. The highest BCUT2D eigenvalue weighted by Gasteiger charge is 2.01. The second kappa shape index (κ2) is 6.05. The van der Waals surface area contributed by atoms with Crippen molar-refractivity contribution in [3.63, 3.8) is 0 Å². The first-order valence-corrected chi connectivity index (χ1v) is 3.40. The lowest BCUT2D eigenvalue weighted by Crippen LogP contribution is -2.13. The highest BCUT2D eigenvalue weighted by molar-refractivity contribution is 4.42. The van der Waals surface area contributed by atoms with Crippen LogP contribution in [0.15, 0.2) is 0 Å². The van der Waals surface area contributed by atoms with Gasteiger partial charge < -0.3 is 9.47 Å². The molecule has 1 atom stereocenters. The normalized spacial score (nSPS) is 10.7. The van der Waals surface area contributed by atoms with E-state index >= 15 is 0 Å². The average Bonchev–Trinajstić information content (AvgIpc) is 1.88.